The molecule has 0 bridgehead atoms. The van der Waals surface area contributed by atoms with Gasteiger partial charge in [-0.2, -0.15) is 0 Å². The first-order chi connectivity index (χ1) is 4.81. The van der Waals surface area contributed by atoms with Gasteiger partial charge in [0.1, 0.15) is 6.61 Å². The van der Waals surface area contributed by atoms with E-state index in [0.717, 1.165) is 6.42 Å². The molecule has 1 atom stereocenters. The van der Waals surface area contributed by atoms with Crippen molar-refractivity contribution in [1.29, 1.82) is 0 Å². The molecule has 2 heteroatoms. The average Bonchev–Trinajstić information content (AvgIpc) is 1.98. The lowest BCUT2D eigenvalue weighted by Crippen LogP contribution is -2.02. The minimum absolute atomic E-state index is 0.0811. The SMILES string of the molecule is CCC(O)CCC#CCO. The second-order valence-electron chi connectivity index (χ2n) is 2.11. The highest BCUT2D eigenvalue weighted by atomic mass is 16.3. The van der Waals surface area contributed by atoms with Crippen molar-refractivity contribution in [2.75, 3.05) is 6.61 Å². The lowest BCUT2D eigenvalue weighted by atomic mass is 10.1. The molecule has 0 saturated carbocycles. The van der Waals surface area contributed by atoms with E-state index in [1.54, 1.807) is 0 Å². The first kappa shape index (κ1) is 9.48. The summed E-state index contributed by atoms with van der Waals surface area (Å²) in [4.78, 5) is 0. The number of hydrogen-bond donors (Lipinski definition) is 2. The Morgan fingerprint density at radius 2 is 2.10 bits per heavy atom. The van der Waals surface area contributed by atoms with E-state index in [-0.39, 0.29) is 12.7 Å². The largest absolute Gasteiger partial charge is 0.393 e. The Bertz CT molecular complexity index is 121. The molecule has 0 aromatic carbocycles. The highest BCUT2D eigenvalue weighted by Crippen LogP contribution is 1.98. The molecule has 0 aliphatic carbocycles. The second-order valence-corrected chi connectivity index (χ2v) is 2.11. The van der Waals surface area contributed by atoms with Crippen molar-refractivity contribution in [3.05, 3.63) is 0 Å². The maximum absolute atomic E-state index is 9.03. The molecule has 0 aliphatic rings. The minimum atomic E-state index is -0.229. The number of hydrogen-bond acceptors (Lipinski definition) is 2. The fourth-order valence-corrected chi connectivity index (χ4v) is 0.587. The van der Waals surface area contributed by atoms with Crippen LogP contribution in [0.4, 0.5) is 0 Å². The molecule has 0 saturated heterocycles. The molecule has 0 aromatic rings. The maximum atomic E-state index is 9.03. The van der Waals surface area contributed by atoms with Gasteiger partial charge >= 0.3 is 0 Å². The maximum Gasteiger partial charge on any atom is 0.104 e. The molecule has 0 fully saturated rings. The van der Waals surface area contributed by atoms with Crippen LogP contribution in [-0.2, 0) is 0 Å². The highest BCUT2D eigenvalue weighted by molar-refractivity contribution is 4.98. The Labute approximate surface area is 61.9 Å². The second kappa shape index (κ2) is 6.60. The molecule has 0 heterocycles. The fraction of sp³-hybridized carbons (Fsp3) is 0.750. The van der Waals surface area contributed by atoms with Crippen LogP contribution >= 0.6 is 0 Å². The molecular weight excluding hydrogens is 128 g/mol. The summed E-state index contributed by atoms with van der Waals surface area (Å²) in [6.07, 6.45) is 1.94. The zero-order valence-electron chi connectivity index (χ0n) is 6.30. The molecule has 0 amide bonds. The zero-order valence-corrected chi connectivity index (χ0v) is 6.30. The average molecular weight is 142 g/mol. The third-order valence-corrected chi connectivity index (χ3v) is 1.28. The van der Waals surface area contributed by atoms with Gasteiger partial charge in [0, 0.05) is 6.42 Å². The van der Waals surface area contributed by atoms with E-state index in [0.29, 0.717) is 12.8 Å². The monoisotopic (exact) mass is 142 g/mol. The van der Waals surface area contributed by atoms with E-state index >= 15 is 0 Å². The fourth-order valence-electron chi connectivity index (χ4n) is 0.587. The molecule has 1 unspecified atom stereocenters. The van der Waals surface area contributed by atoms with Crippen LogP contribution in [0.5, 0.6) is 0 Å². The van der Waals surface area contributed by atoms with Gasteiger partial charge in [0.25, 0.3) is 0 Å². The van der Waals surface area contributed by atoms with Gasteiger partial charge in [-0.25, -0.2) is 0 Å². The van der Waals surface area contributed by atoms with E-state index in [4.69, 9.17) is 10.2 Å². The van der Waals surface area contributed by atoms with Crippen LogP contribution < -0.4 is 0 Å². The summed E-state index contributed by atoms with van der Waals surface area (Å²) in [6.45, 7) is 1.85. The van der Waals surface area contributed by atoms with Crippen molar-refractivity contribution >= 4 is 0 Å². The lowest BCUT2D eigenvalue weighted by molar-refractivity contribution is 0.162. The summed E-state index contributed by atoms with van der Waals surface area (Å²) in [7, 11) is 0. The summed E-state index contributed by atoms with van der Waals surface area (Å²) in [5, 5.41) is 17.3. The Morgan fingerprint density at radius 3 is 2.60 bits per heavy atom. The predicted molar refractivity (Wildman–Crippen MR) is 40.4 cm³/mol. The topological polar surface area (TPSA) is 40.5 Å². The van der Waals surface area contributed by atoms with Crippen molar-refractivity contribution in [2.45, 2.75) is 32.3 Å². The van der Waals surface area contributed by atoms with Crippen molar-refractivity contribution in [2.24, 2.45) is 0 Å². The summed E-state index contributed by atoms with van der Waals surface area (Å²) < 4.78 is 0. The van der Waals surface area contributed by atoms with E-state index in [1.165, 1.54) is 0 Å². The summed E-state index contributed by atoms with van der Waals surface area (Å²) >= 11 is 0. The van der Waals surface area contributed by atoms with Gasteiger partial charge in [-0.1, -0.05) is 12.8 Å². The van der Waals surface area contributed by atoms with Crippen LogP contribution in [0.15, 0.2) is 0 Å². The summed E-state index contributed by atoms with van der Waals surface area (Å²) in [5.74, 6) is 5.26. The molecule has 0 radical (unpaired) electrons. The van der Waals surface area contributed by atoms with E-state index in [2.05, 4.69) is 11.8 Å². The van der Waals surface area contributed by atoms with Gasteiger partial charge < -0.3 is 10.2 Å². The van der Waals surface area contributed by atoms with Gasteiger partial charge in [0.05, 0.1) is 6.10 Å². The van der Waals surface area contributed by atoms with E-state index < -0.39 is 0 Å². The molecule has 0 spiro atoms. The Kier molecular flexibility index (Phi) is 6.25. The van der Waals surface area contributed by atoms with Gasteiger partial charge in [-0.15, -0.1) is 5.92 Å². The quantitative estimate of drug-likeness (QED) is 0.564. The van der Waals surface area contributed by atoms with Crippen LogP contribution in [-0.4, -0.2) is 22.9 Å². The summed E-state index contributed by atoms with van der Waals surface area (Å²) in [6, 6.07) is 0. The number of rotatable bonds is 3. The van der Waals surface area contributed by atoms with Crippen LogP contribution in [0.1, 0.15) is 26.2 Å². The van der Waals surface area contributed by atoms with Crippen LogP contribution in [0.25, 0.3) is 0 Å². The number of aliphatic hydroxyl groups is 2. The predicted octanol–water partition coefficient (Wildman–Crippen LogP) is 0.533. The molecule has 2 N–H and O–H groups in total. The third-order valence-electron chi connectivity index (χ3n) is 1.28. The lowest BCUT2D eigenvalue weighted by Gasteiger charge is -2.01. The number of aliphatic hydroxyl groups excluding tert-OH is 2. The molecular formula is C8H14O2. The first-order valence-electron chi connectivity index (χ1n) is 3.56. The standard InChI is InChI=1S/C8H14O2/c1-2-8(10)6-4-3-5-7-9/h8-10H,2,4,6-7H2,1H3. The van der Waals surface area contributed by atoms with Gasteiger partial charge in [0.2, 0.25) is 0 Å². The minimum Gasteiger partial charge on any atom is -0.393 e. The van der Waals surface area contributed by atoms with Crippen molar-refractivity contribution < 1.29 is 10.2 Å². The Morgan fingerprint density at radius 1 is 1.40 bits per heavy atom. The van der Waals surface area contributed by atoms with Crippen molar-refractivity contribution in [3.63, 3.8) is 0 Å². The van der Waals surface area contributed by atoms with Gasteiger partial charge in [-0.3, -0.25) is 0 Å². The zero-order chi connectivity index (χ0) is 7.82. The van der Waals surface area contributed by atoms with Crippen LogP contribution in [0.3, 0.4) is 0 Å². The van der Waals surface area contributed by atoms with Gasteiger partial charge in [0.15, 0.2) is 0 Å². The molecule has 0 aromatic heterocycles. The molecule has 58 valence electrons. The molecule has 10 heavy (non-hydrogen) atoms. The Hall–Kier alpha value is -0.520. The van der Waals surface area contributed by atoms with Crippen molar-refractivity contribution in [3.8, 4) is 11.8 Å². The smallest absolute Gasteiger partial charge is 0.104 e. The molecule has 0 rings (SSSR count). The first-order valence-corrected chi connectivity index (χ1v) is 3.56. The molecule has 2 nitrogen and oxygen atoms in total. The van der Waals surface area contributed by atoms with E-state index in [1.807, 2.05) is 6.92 Å². The molecule has 0 aliphatic heterocycles. The van der Waals surface area contributed by atoms with Crippen molar-refractivity contribution in [1.82, 2.24) is 0 Å². The third kappa shape index (κ3) is 5.61. The normalized spacial score (nSPS) is 11.9. The van der Waals surface area contributed by atoms with Crippen LogP contribution in [0.2, 0.25) is 0 Å². The Balaban J connectivity index is 3.18. The highest BCUT2D eigenvalue weighted by Gasteiger charge is 1.96. The van der Waals surface area contributed by atoms with Gasteiger partial charge in [-0.05, 0) is 12.8 Å². The van der Waals surface area contributed by atoms with Crippen LogP contribution in [0, 0.1) is 11.8 Å². The van der Waals surface area contributed by atoms with E-state index in [9.17, 15) is 0 Å². The summed E-state index contributed by atoms with van der Waals surface area (Å²) in [5.41, 5.74) is 0.